The number of benzene rings is 2. The van der Waals surface area contributed by atoms with Crippen molar-refractivity contribution >= 4 is 17.4 Å². The molecule has 1 heterocycles. The van der Waals surface area contributed by atoms with Crippen molar-refractivity contribution in [3.05, 3.63) is 65.2 Å². The number of aliphatic hydroxyl groups excluding tert-OH is 1. The highest BCUT2D eigenvalue weighted by atomic mass is 16.7. The maximum Gasteiger partial charge on any atom is 0.295 e. The van der Waals surface area contributed by atoms with Gasteiger partial charge in [0, 0.05) is 31.4 Å². The van der Waals surface area contributed by atoms with Crippen LogP contribution in [0.15, 0.2) is 54.1 Å². The zero-order valence-electron chi connectivity index (χ0n) is 17.8. The predicted molar refractivity (Wildman–Crippen MR) is 113 cm³/mol. The lowest BCUT2D eigenvalue weighted by Gasteiger charge is -2.29. The fraction of sp³-hybridized carbons (Fsp3) is 0.304. The topological polar surface area (TPSA) is 94.5 Å². The van der Waals surface area contributed by atoms with Crippen molar-refractivity contribution in [3.63, 3.8) is 0 Å². The maximum atomic E-state index is 13.0. The SMILES string of the molecule is COc1ccc(C2/C(=C(\O)c3ccccc3)C(=O)C(=O)N2CC(OC)OC)c(OC)c1. The van der Waals surface area contributed by atoms with E-state index in [1.54, 1.807) is 48.5 Å². The van der Waals surface area contributed by atoms with E-state index in [9.17, 15) is 14.7 Å². The second-order valence-electron chi connectivity index (χ2n) is 6.83. The van der Waals surface area contributed by atoms with Crippen LogP contribution in [-0.2, 0) is 19.1 Å². The summed E-state index contributed by atoms with van der Waals surface area (Å²) in [6.07, 6.45) is -0.762. The lowest BCUT2D eigenvalue weighted by Crippen LogP contribution is -2.38. The third-order valence-corrected chi connectivity index (χ3v) is 5.19. The average Bonchev–Trinajstić information content (AvgIpc) is 3.06. The van der Waals surface area contributed by atoms with Crippen LogP contribution in [0.3, 0.4) is 0 Å². The minimum atomic E-state index is -0.908. The molecular weight excluding hydrogens is 402 g/mol. The summed E-state index contributed by atoms with van der Waals surface area (Å²) in [6.45, 7) is -0.0248. The predicted octanol–water partition coefficient (Wildman–Crippen LogP) is 2.74. The molecule has 0 aromatic heterocycles. The van der Waals surface area contributed by atoms with Crippen LogP contribution in [0.4, 0.5) is 0 Å². The van der Waals surface area contributed by atoms with E-state index < -0.39 is 24.0 Å². The number of ketones is 1. The van der Waals surface area contributed by atoms with E-state index in [1.165, 1.54) is 33.3 Å². The van der Waals surface area contributed by atoms with Crippen molar-refractivity contribution in [1.82, 2.24) is 4.90 Å². The van der Waals surface area contributed by atoms with Crippen LogP contribution in [0, 0.1) is 0 Å². The summed E-state index contributed by atoms with van der Waals surface area (Å²) >= 11 is 0. The summed E-state index contributed by atoms with van der Waals surface area (Å²) in [6, 6.07) is 12.7. The first-order chi connectivity index (χ1) is 15.0. The second-order valence-corrected chi connectivity index (χ2v) is 6.83. The number of amides is 1. The number of carbonyl (C=O) groups is 2. The monoisotopic (exact) mass is 427 g/mol. The molecule has 1 fully saturated rings. The van der Waals surface area contributed by atoms with E-state index in [1.807, 2.05) is 0 Å². The Bertz CT molecular complexity index is 983. The molecule has 1 amide bonds. The van der Waals surface area contributed by atoms with Crippen molar-refractivity contribution in [3.8, 4) is 11.5 Å². The van der Waals surface area contributed by atoms with Gasteiger partial charge in [-0.3, -0.25) is 9.59 Å². The first kappa shape index (κ1) is 22.3. The summed E-state index contributed by atoms with van der Waals surface area (Å²) in [5.74, 6) is -0.876. The molecule has 1 N–H and O–H groups in total. The van der Waals surface area contributed by atoms with Gasteiger partial charge in [0.25, 0.3) is 11.7 Å². The number of likely N-dealkylation sites (tertiary alicyclic amines) is 1. The molecule has 0 bridgehead atoms. The van der Waals surface area contributed by atoms with Crippen LogP contribution in [0.1, 0.15) is 17.2 Å². The number of methoxy groups -OCH3 is 4. The standard InChI is InChI=1S/C23H25NO7/c1-28-15-10-11-16(17(12-15)29-2)20-19(21(25)14-8-6-5-7-9-14)22(26)23(27)24(20)13-18(30-3)31-4/h5-12,18,20,25H,13H2,1-4H3/b21-19+. The van der Waals surface area contributed by atoms with Crippen LogP contribution in [0.25, 0.3) is 5.76 Å². The van der Waals surface area contributed by atoms with Crippen molar-refractivity contribution in [2.45, 2.75) is 12.3 Å². The maximum absolute atomic E-state index is 13.0. The smallest absolute Gasteiger partial charge is 0.295 e. The fourth-order valence-electron chi connectivity index (χ4n) is 3.59. The van der Waals surface area contributed by atoms with Crippen molar-refractivity contribution in [1.29, 1.82) is 0 Å². The van der Waals surface area contributed by atoms with Gasteiger partial charge in [-0.25, -0.2) is 0 Å². The van der Waals surface area contributed by atoms with Crippen LogP contribution >= 0.6 is 0 Å². The van der Waals surface area contributed by atoms with Crippen molar-refractivity contribution < 1.29 is 33.6 Å². The minimum Gasteiger partial charge on any atom is -0.507 e. The molecule has 1 saturated heterocycles. The number of ether oxygens (including phenoxy) is 4. The Morgan fingerprint density at radius 1 is 1.00 bits per heavy atom. The Labute approximate surface area is 180 Å². The molecule has 1 atom stereocenters. The molecule has 0 saturated carbocycles. The van der Waals surface area contributed by atoms with Gasteiger partial charge in [0.2, 0.25) is 0 Å². The average molecular weight is 427 g/mol. The van der Waals surface area contributed by atoms with Gasteiger partial charge in [0.1, 0.15) is 17.3 Å². The van der Waals surface area contributed by atoms with E-state index >= 15 is 0 Å². The zero-order valence-corrected chi connectivity index (χ0v) is 17.8. The van der Waals surface area contributed by atoms with Crippen LogP contribution < -0.4 is 9.47 Å². The van der Waals surface area contributed by atoms with Gasteiger partial charge < -0.3 is 29.0 Å². The van der Waals surface area contributed by atoms with E-state index in [-0.39, 0.29) is 17.9 Å². The molecule has 31 heavy (non-hydrogen) atoms. The van der Waals surface area contributed by atoms with Crippen molar-refractivity contribution in [2.75, 3.05) is 35.0 Å². The third kappa shape index (κ3) is 4.26. The Morgan fingerprint density at radius 2 is 1.68 bits per heavy atom. The Hall–Kier alpha value is -3.36. The van der Waals surface area contributed by atoms with Gasteiger partial charge in [-0.05, 0) is 12.1 Å². The van der Waals surface area contributed by atoms with Crippen LogP contribution in [0.5, 0.6) is 11.5 Å². The highest BCUT2D eigenvalue weighted by Crippen LogP contribution is 2.43. The third-order valence-electron chi connectivity index (χ3n) is 5.19. The van der Waals surface area contributed by atoms with Crippen LogP contribution in [-0.4, -0.2) is 63.0 Å². The van der Waals surface area contributed by atoms with E-state index in [4.69, 9.17) is 18.9 Å². The molecule has 2 aromatic rings. The number of rotatable bonds is 8. The Morgan fingerprint density at radius 3 is 2.26 bits per heavy atom. The molecule has 8 heteroatoms. The Kier molecular flexibility index (Phi) is 6.94. The number of aliphatic hydroxyl groups is 1. The van der Waals surface area contributed by atoms with Gasteiger partial charge >= 0.3 is 0 Å². The summed E-state index contributed by atoms with van der Waals surface area (Å²) in [5, 5.41) is 11.0. The molecule has 8 nitrogen and oxygen atoms in total. The molecule has 2 aromatic carbocycles. The number of nitrogens with zero attached hydrogens (tertiary/aromatic N) is 1. The summed E-state index contributed by atoms with van der Waals surface area (Å²) in [4.78, 5) is 27.3. The summed E-state index contributed by atoms with van der Waals surface area (Å²) in [7, 11) is 5.89. The Balaban J connectivity index is 2.22. The highest BCUT2D eigenvalue weighted by molar-refractivity contribution is 6.46. The van der Waals surface area contributed by atoms with Gasteiger partial charge in [-0.2, -0.15) is 0 Å². The number of carbonyl (C=O) groups excluding carboxylic acids is 2. The molecule has 0 aliphatic carbocycles. The normalized spacial score (nSPS) is 18.0. The highest BCUT2D eigenvalue weighted by Gasteiger charge is 2.47. The number of Topliss-reactive ketones (excluding diaryl/α,β-unsaturated/α-hetero) is 1. The summed E-state index contributed by atoms with van der Waals surface area (Å²) < 4.78 is 21.3. The number of hydrogen-bond acceptors (Lipinski definition) is 7. The molecule has 0 spiro atoms. The molecule has 164 valence electrons. The lowest BCUT2D eigenvalue weighted by molar-refractivity contribution is -0.149. The molecular formula is C23H25NO7. The number of hydrogen-bond donors (Lipinski definition) is 1. The minimum absolute atomic E-state index is 0.0248. The molecule has 1 aliphatic heterocycles. The lowest BCUT2D eigenvalue weighted by atomic mass is 9.94. The van der Waals surface area contributed by atoms with Gasteiger partial charge in [0.05, 0.1) is 32.4 Å². The van der Waals surface area contributed by atoms with E-state index in [0.717, 1.165) is 0 Å². The second kappa shape index (κ2) is 9.63. The van der Waals surface area contributed by atoms with Crippen LogP contribution in [0.2, 0.25) is 0 Å². The first-order valence-corrected chi connectivity index (χ1v) is 9.58. The molecule has 3 rings (SSSR count). The van der Waals surface area contributed by atoms with Gasteiger partial charge in [-0.15, -0.1) is 0 Å². The molecule has 1 aliphatic rings. The fourth-order valence-corrected chi connectivity index (χ4v) is 3.59. The van der Waals surface area contributed by atoms with E-state index in [0.29, 0.717) is 22.6 Å². The van der Waals surface area contributed by atoms with E-state index in [2.05, 4.69) is 0 Å². The first-order valence-electron chi connectivity index (χ1n) is 9.58. The quantitative estimate of drug-likeness (QED) is 0.300. The van der Waals surface area contributed by atoms with Gasteiger partial charge in [0.15, 0.2) is 6.29 Å². The largest absolute Gasteiger partial charge is 0.507 e. The molecule has 0 radical (unpaired) electrons. The zero-order chi connectivity index (χ0) is 22.5. The van der Waals surface area contributed by atoms with Crippen molar-refractivity contribution in [2.24, 2.45) is 0 Å². The summed E-state index contributed by atoms with van der Waals surface area (Å²) in [5.41, 5.74) is 0.907. The molecule has 1 unspecified atom stereocenters. The van der Waals surface area contributed by atoms with Gasteiger partial charge in [-0.1, -0.05) is 30.3 Å².